The van der Waals surface area contributed by atoms with Crippen molar-refractivity contribution in [2.75, 3.05) is 29.9 Å². The predicted octanol–water partition coefficient (Wildman–Crippen LogP) is 5.31. The molecule has 6 nitrogen and oxygen atoms in total. The van der Waals surface area contributed by atoms with Crippen molar-refractivity contribution in [1.29, 1.82) is 5.26 Å². The third-order valence-corrected chi connectivity index (χ3v) is 6.62. The number of nitriles is 1. The second kappa shape index (κ2) is 10.3. The van der Waals surface area contributed by atoms with Gasteiger partial charge < -0.3 is 15.0 Å². The fourth-order valence-corrected chi connectivity index (χ4v) is 4.87. The van der Waals surface area contributed by atoms with Crippen molar-refractivity contribution in [3.05, 3.63) is 29.3 Å². The smallest absolute Gasteiger partial charge is 0.224 e. The molecule has 1 N–H and O–H groups in total. The lowest BCUT2D eigenvalue weighted by Gasteiger charge is -2.21. The highest BCUT2D eigenvalue weighted by Crippen LogP contribution is 2.33. The molecule has 1 atom stereocenters. The summed E-state index contributed by atoms with van der Waals surface area (Å²) in [4.78, 5) is 19.7. The Balaban J connectivity index is 1.45. The molecule has 31 heavy (non-hydrogen) atoms. The molecule has 1 aromatic carbocycles. The third kappa shape index (κ3) is 5.47. The fourth-order valence-electron chi connectivity index (χ4n) is 4.66. The van der Waals surface area contributed by atoms with E-state index in [9.17, 15) is 4.79 Å². The molecule has 2 fully saturated rings. The zero-order valence-electron chi connectivity index (χ0n) is 17.8. The number of hydrogen-bond acceptors (Lipinski definition) is 5. The van der Waals surface area contributed by atoms with E-state index in [2.05, 4.69) is 16.3 Å². The van der Waals surface area contributed by atoms with Crippen LogP contribution in [0, 0.1) is 17.2 Å². The molecule has 1 saturated carbocycles. The molecule has 2 aliphatic rings. The Labute approximate surface area is 188 Å². The second-order valence-corrected chi connectivity index (χ2v) is 8.96. The number of amides is 1. The number of halogens is 1. The summed E-state index contributed by atoms with van der Waals surface area (Å²) in [7, 11) is 0. The number of fused-ring (bicyclic) bond motifs is 1. The number of hydrogen-bond donors (Lipinski definition) is 1. The average Bonchev–Trinajstić information content (AvgIpc) is 3.25. The number of ether oxygens (including phenoxy) is 1. The number of pyridine rings is 1. The van der Waals surface area contributed by atoms with Crippen LogP contribution in [0.2, 0.25) is 5.02 Å². The molecule has 1 aliphatic carbocycles. The molecule has 164 valence electrons. The van der Waals surface area contributed by atoms with Crippen LogP contribution >= 0.6 is 11.6 Å². The normalized spacial score (nSPS) is 19.5. The van der Waals surface area contributed by atoms with Gasteiger partial charge in [-0.05, 0) is 49.4 Å². The van der Waals surface area contributed by atoms with Crippen molar-refractivity contribution in [2.24, 2.45) is 5.92 Å². The van der Waals surface area contributed by atoms with Crippen molar-refractivity contribution in [1.82, 2.24) is 4.98 Å². The van der Waals surface area contributed by atoms with Crippen LogP contribution in [-0.2, 0) is 9.53 Å². The monoisotopic (exact) mass is 440 g/mol. The molecule has 4 rings (SSSR count). The van der Waals surface area contributed by atoms with E-state index in [4.69, 9.17) is 26.6 Å². The Kier molecular flexibility index (Phi) is 7.26. The van der Waals surface area contributed by atoms with E-state index in [-0.39, 0.29) is 12.0 Å². The largest absolute Gasteiger partial charge is 0.375 e. The maximum absolute atomic E-state index is 12.7. The quantitative estimate of drug-likeness (QED) is 0.590. The Morgan fingerprint density at radius 1 is 1.23 bits per heavy atom. The van der Waals surface area contributed by atoms with Gasteiger partial charge in [0.05, 0.1) is 41.4 Å². The summed E-state index contributed by atoms with van der Waals surface area (Å²) >= 11 is 6.44. The third-order valence-electron chi connectivity index (χ3n) is 6.31. The van der Waals surface area contributed by atoms with Crippen LogP contribution in [0.3, 0.4) is 0 Å². The minimum Gasteiger partial charge on any atom is -0.375 e. The van der Waals surface area contributed by atoms with E-state index in [1.165, 1.54) is 19.3 Å². The van der Waals surface area contributed by atoms with E-state index in [0.717, 1.165) is 49.1 Å². The van der Waals surface area contributed by atoms with Crippen molar-refractivity contribution in [3.63, 3.8) is 0 Å². The van der Waals surface area contributed by atoms with Crippen LogP contribution in [0.5, 0.6) is 0 Å². The lowest BCUT2D eigenvalue weighted by atomic mass is 9.87. The van der Waals surface area contributed by atoms with Crippen LogP contribution in [0.1, 0.15) is 51.4 Å². The van der Waals surface area contributed by atoms with Gasteiger partial charge in [-0.3, -0.25) is 4.79 Å². The Hall–Kier alpha value is -2.36. The zero-order valence-corrected chi connectivity index (χ0v) is 18.5. The number of carbonyl (C=O) groups excluding carboxylic acids is 1. The maximum atomic E-state index is 12.7. The molecule has 0 radical (unpaired) electrons. The van der Waals surface area contributed by atoms with Gasteiger partial charge >= 0.3 is 0 Å². The van der Waals surface area contributed by atoms with Crippen molar-refractivity contribution >= 4 is 39.9 Å². The van der Waals surface area contributed by atoms with E-state index in [1.807, 2.05) is 18.2 Å². The summed E-state index contributed by atoms with van der Waals surface area (Å²) in [6, 6.07) is 9.78. The average molecular weight is 441 g/mol. The van der Waals surface area contributed by atoms with E-state index in [0.29, 0.717) is 36.1 Å². The first-order valence-electron chi connectivity index (χ1n) is 11.3. The topological polar surface area (TPSA) is 78.2 Å². The van der Waals surface area contributed by atoms with Gasteiger partial charge in [0.25, 0.3) is 0 Å². The first-order valence-corrected chi connectivity index (χ1v) is 11.6. The minimum absolute atomic E-state index is 0.0299. The number of carbonyl (C=O) groups is 1. The summed E-state index contributed by atoms with van der Waals surface area (Å²) in [5.41, 5.74) is 1.46. The Bertz CT molecular complexity index is 968. The molecule has 1 aromatic heterocycles. The maximum Gasteiger partial charge on any atom is 0.224 e. The molecule has 1 aliphatic heterocycles. The highest BCUT2D eigenvalue weighted by Gasteiger charge is 2.24. The van der Waals surface area contributed by atoms with E-state index < -0.39 is 0 Å². The minimum atomic E-state index is 0.0299. The van der Waals surface area contributed by atoms with Crippen LogP contribution in [0.15, 0.2) is 24.3 Å². The number of rotatable bonds is 7. The van der Waals surface area contributed by atoms with Crippen LogP contribution < -0.4 is 10.2 Å². The lowest BCUT2D eigenvalue weighted by Crippen LogP contribution is -2.24. The fraction of sp³-hybridized carbons (Fsp3) is 0.542. The SMILES string of the molecule is N#CCCO[C@H]1CCN(c2ccc3c(NC(=O)CC4CCCCC4)c(Cl)ccc3n2)C1. The molecule has 0 unspecified atom stereocenters. The molecular formula is C24H29ClN4O2. The molecule has 1 amide bonds. The van der Waals surface area contributed by atoms with Gasteiger partial charge in [0.2, 0.25) is 5.91 Å². The van der Waals surface area contributed by atoms with Gasteiger partial charge in [-0.15, -0.1) is 0 Å². The first kappa shape index (κ1) is 21.9. The molecule has 2 aromatic rings. The second-order valence-electron chi connectivity index (χ2n) is 8.55. The summed E-state index contributed by atoms with van der Waals surface area (Å²) in [6.45, 7) is 2.11. The van der Waals surface area contributed by atoms with Crippen LogP contribution in [0.4, 0.5) is 11.5 Å². The summed E-state index contributed by atoms with van der Waals surface area (Å²) in [5, 5.41) is 13.1. The van der Waals surface area contributed by atoms with Crippen molar-refractivity contribution in [2.45, 2.75) is 57.5 Å². The van der Waals surface area contributed by atoms with Gasteiger partial charge in [-0.25, -0.2) is 4.98 Å². The zero-order chi connectivity index (χ0) is 21.6. The molecule has 2 heterocycles. The summed E-state index contributed by atoms with van der Waals surface area (Å²) < 4.78 is 5.77. The van der Waals surface area contributed by atoms with E-state index in [1.54, 1.807) is 6.07 Å². The highest BCUT2D eigenvalue weighted by atomic mass is 35.5. The summed E-state index contributed by atoms with van der Waals surface area (Å²) in [5.74, 6) is 1.40. The predicted molar refractivity (Wildman–Crippen MR) is 123 cm³/mol. The number of anilines is 2. The van der Waals surface area contributed by atoms with E-state index >= 15 is 0 Å². The standard InChI is InChI=1S/C24H29ClN4O2/c25-20-8-9-21-19(24(20)28-23(30)15-17-5-2-1-3-6-17)7-10-22(27-21)29-13-11-18(16-29)31-14-4-12-26/h7-10,17-18H,1-6,11,13-16H2,(H,28,30)/t18-/m0/s1. The van der Waals surface area contributed by atoms with Crippen LogP contribution in [-0.4, -0.2) is 36.7 Å². The van der Waals surface area contributed by atoms with Crippen molar-refractivity contribution < 1.29 is 9.53 Å². The van der Waals surface area contributed by atoms with Gasteiger partial charge in [0, 0.05) is 24.9 Å². The summed E-state index contributed by atoms with van der Waals surface area (Å²) in [6.07, 6.45) is 8.03. The lowest BCUT2D eigenvalue weighted by molar-refractivity contribution is -0.117. The van der Waals surface area contributed by atoms with Gasteiger partial charge in [-0.1, -0.05) is 30.9 Å². The molecule has 0 bridgehead atoms. The molecule has 0 spiro atoms. The van der Waals surface area contributed by atoms with Gasteiger partial charge in [0.15, 0.2) is 0 Å². The molecule has 1 saturated heterocycles. The number of aromatic nitrogens is 1. The van der Waals surface area contributed by atoms with Crippen molar-refractivity contribution in [3.8, 4) is 6.07 Å². The molecular weight excluding hydrogens is 412 g/mol. The highest BCUT2D eigenvalue weighted by molar-refractivity contribution is 6.35. The first-order chi connectivity index (χ1) is 15.1. The Morgan fingerprint density at radius 3 is 2.87 bits per heavy atom. The van der Waals surface area contributed by atoms with Crippen LogP contribution in [0.25, 0.3) is 10.9 Å². The number of nitrogens with zero attached hydrogens (tertiary/aromatic N) is 3. The number of nitrogens with one attached hydrogen (secondary N) is 1. The Morgan fingerprint density at radius 2 is 2.06 bits per heavy atom. The van der Waals surface area contributed by atoms with Gasteiger partial charge in [-0.2, -0.15) is 5.26 Å². The van der Waals surface area contributed by atoms with Gasteiger partial charge in [0.1, 0.15) is 5.82 Å². The number of benzene rings is 1. The molecule has 7 heteroatoms.